The van der Waals surface area contributed by atoms with E-state index in [0.717, 1.165) is 0 Å². The van der Waals surface area contributed by atoms with Gasteiger partial charge in [0.15, 0.2) is 0 Å². The summed E-state index contributed by atoms with van der Waals surface area (Å²) < 4.78 is 0. The van der Waals surface area contributed by atoms with Crippen LogP contribution < -0.4 is 0 Å². The zero-order valence-electron chi connectivity index (χ0n) is 27.2. The van der Waals surface area contributed by atoms with Gasteiger partial charge in [-0.05, 0) is 69.5 Å². The maximum absolute atomic E-state index is 4.81. The van der Waals surface area contributed by atoms with Crippen LogP contribution in [0.1, 0.15) is 125 Å². The summed E-state index contributed by atoms with van der Waals surface area (Å²) in [5.74, 6) is 0. The SMILES string of the molecule is CC(C)(C)CP(CC(C)(C)C)CC(C)(C)C.CC(C)(C)CP(CC(C)(C)C)CC(C)(C)C.[Cl][Pd][Cl]. The fourth-order valence-corrected chi connectivity index (χ4v) is 13.1. The van der Waals surface area contributed by atoms with Crippen molar-refractivity contribution in [1.82, 2.24) is 0 Å². The number of rotatable bonds is 6. The summed E-state index contributed by atoms with van der Waals surface area (Å²) >= 11 is -0.106. The van der Waals surface area contributed by atoms with Gasteiger partial charge in [-0.15, -0.1) is 15.8 Å². The fraction of sp³-hybridized carbons (Fsp3) is 1.00. The third kappa shape index (κ3) is 40.7. The van der Waals surface area contributed by atoms with Crippen LogP contribution in [0.4, 0.5) is 0 Å². The molecule has 0 aromatic heterocycles. The van der Waals surface area contributed by atoms with Crippen LogP contribution in [-0.2, 0) is 15.9 Å². The van der Waals surface area contributed by atoms with Crippen molar-refractivity contribution in [3.8, 4) is 0 Å². The van der Waals surface area contributed by atoms with Crippen molar-refractivity contribution < 1.29 is 15.9 Å². The minimum absolute atomic E-state index is 0.106. The number of hydrogen-bond donors (Lipinski definition) is 0. The van der Waals surface area contributed by atoms with Gasteiger partial charge in [0.25, 0.3) is 0 Å². The second-order valence-corrected chi connectivity index (χ2v) is 24.6. The van der Waals surface area contributed by atoms with Gasteiger partial charge in [0.2, 0.25) is 0 Å². The van der Waals surface area contributed by atoms with Crippen LogP contribution in [0.5, 0.6) is 0 Å². The molecule has 0 heterocycles. The van der Waals surface area contributed by atoms with E-state index in [2.05, 4.69) is 125 Å². The first kappa shape index (κ1) is 41.6. The molecule has 0 spiro atoms. The van der Waals surface area contributed by atoms with E-state index < -0.39 is 0 Å². The van der Waals surface area contributed by atoms with E-state index in [4.69, 9.17) is 19.1 Å². The molecule has 0 rings (SSSR count). The molecule has 35 heavy (non-hydrogen) atoms. The quantitative estimate of drug-likeness (QED) is 0.196. The Morgan fingerprint density at radius 2 is 0.429 bits per heavy atom. The molecular formula is C30H66Cl2P2Pd. The second-order valence-electron chi connectivity index (χ2n) is 17.7. The zero-order chi connectivity index (χ0) is 29.1. The van der Waals surface area contributed by atoms with E-state index in [9.17, 15) is 0 Å². The van der Waals surface area contributed by atoms with E-state index in [1.54, 1.807) is 0 Å². The first-order valence-corrected chi connectivity index (χ1v) is 21.1. The van der Waals surface area contributed by atoms with Crippen LogP contribution in [0.2, 0.25) is 0 Å². The average molecular weight is 666 g/mol. The van der Waals surface area contributed by atoms with Crippen molar-refractivity contribution in [3.05, 3.63) is 0 Å². The van der Waals surface area contributed by atoms with E-state index in [0.29, 0.717) is 32.5 Å². The van der Waals surface area contributed by atoms with Gasteiger partial charge in [0, 0.05) is 0 Å². The number of hydrogen-bond acceptors (Lipinski definition) is 0. The van der Waals surface area contributed by atoms with Gasteiger partial charge in [0.05, 0.1) is 0 Å². The predicted molar refractivity (Wildman–Crippen MR) is 171 cm³/mol. The molecule has 0 N–H and O–H groups in total. The van der Waals surface area contributed by atoms with Gasteiger partial charge in [0.1, 0.15) is 0 Å². The first-order chi connectivity index (χ1) is 15.0. The molecule has 0 aliphatic rings. The van der Waals surface area contributed by atoms with Gasteiger partial charge >= 0.3 is 35.0 Å². The summed E-state index contributed by atoms with van der Waals surface area (Å²) in [5, 5.41) is 0. The molecule has 0 saturated carbocycles. The standard InChI is InChI=1S/2C15H33P.2ClH.Pd/c2*1-13(2,3)10-16(11-14(4,5)6)12-15(7,8)9;;;/h2*10-12H2,1-9H3;2*1H;/q;;;;+2/p-2. The molecule has 0 saturated heterocycles. The monoisotopic (exact) mass is 664 g/mol. The summed E-state index contributed by atoms with van der Waals surface area (Å²) in [6, 6.07) is 0. The van der Waals surface area contributed by atoms with E-state index in [1.165, 1.54) is 37.0 Å². The van der Waals surface area contributed by atoms with Crippen molar-refractivity contribution in [2.24, 2.45) is 32.5 Å². The molecule has 0 bridgehead atoms. The molecule has 220 valence electrons. The summed E-state index contributed by atoms with van der Waals surface area (Å²) in [4.78, 5) is 0. The molecule has 0 aliphatic carbocycles. The molecule has 0 aromatic rings. The average Bonchev–Trinajstić information content (AvgIpc) is 2.35. The molecule has 0 aliphatic heterocycles. The van der Waals surface area contributed by atoms with Crippen molar-refractivity contribution in [3.63, 3.8) is 0 Å². The minimum atomic E-state index is -0.106. The summed E-state index contributed by atoms with van der Waals surface area (Å²) in [7, 11) is 9.98. The Bertz CT molecular complexity index is 397. The van der Waals surface area contributed by atoms with Crippen LogP contribution >= 0.6 is 34.9 Å². The Balaban J connectivity index is -0.000000525. The van der Waals surface area contributed by atoms with E-state index in [1.807, 2.05) is 0 Å². The molecule has 0 fully saturated rings. The molecule has 0 aromatic carbocycles. The molecule has 5 heteroatoms. The van der Waals surface area contributed by atoms with Gasteiger partial charge in [-0.1, -0.05) is 125 Å². The van der Waals surface area contributed by atoms with Crippen LogP contribution in [0.25, 0.3) is 0 Å². The van der Waals surface area contributed by atoms with Crippen LogP contribution in [-0.4, -0.2) is 37.0 Å². The van der Waals surface area contributed by atoms with Crippen molar-refractivity contribution >= 4 is 34.9 Å². The third-order valence-corrected chi connectivity index (χ3v) is 12.6. The first-order valence-electron chi connectivity index (χ1n) is 13.3. The topological polar surface area (TPSA) is 0 Å². The number of halogens is 2. The molecule has 0 radical (unpaired) electrons. The normalized spacial score (nSPS) is 14.0. The molecular weight excluding hydrogens is 600 g/mol. The predicted octanol–water partition coefficient (Wildman–Crippen LogP) is 12.6. The van der Waals surface area contributed by atoms with Gasteiger partial charge in [-0.2, -0.15) is 0 Å². The van der Waals surface area contributed by atoms with E-state index in [-0.39, 0.29) is 31.8 Å². The summed E-state index contributed by atoms with van der Waals surface area (Å²) in [6.07, 6.45) is 8.48. The van der Waals surface area contributed by atoms with Crippen molar-refractivity contribution in [2.45, 2.75) is 125 Å². The molecule has 0 atom stereocenters. The van der Waals surface area contributed by atoms with Crippen LogP contribution in [0, 0.1) is 32.5 Å². The fourth-order valence-electron chi connectivity index (χ4n) is 4.36. The third-order valence-electron chi connectivity index (χ3n) is 4.19. The Hall–Kier alpha value is 2.10. The van der Waals surface area contributed by atoms with Crippen LogP contribution in [0.15, 0.2) is 0 Å². The summed E-state index contributed by atoms with van der Waals surface area (Å²) in [6.45, 7) is 42.9. The molecule has 0 unspecified atom stereocenters. The van der Waals surface area contributed by atoms with Gasteiger partial charge in [-0.3, -0.25) is 0 Å². The van der Waals surface area contributed by atoms with E-state index >= 15 is 0 Å². The zero-order valence-corrected chi connectivity index (χ0v) is 32.1. The Morgan fingerprint density at radius 1 is 0.343 bits per heavy atom. The maximum atomic E-state index is 4.81. The van der Waals surface area contributed by atoms with Crippen LogP contribution in [0.3, 0.4) is 0 Å². The Kier molecular flexibility index (Phi) is 20.2. The molecule has 0 nitrogen and oxygen atoms in total. The Morgan fingerprint density at radius 3 is 0.486 bits per heavy atom. The van der Waals surface area contributed by atoms with Crippen molar-refractivity contribution in [1.29, 1.82) is 0 Å². The second kappa shape index (κ2) is 17.0. The van der Waals surface area contributed by atoms with Gasteiger partial charge < -0.3 is 0 Å². The van der Waals surface area contributed by atoms with Gasteiger partial charge in [-0.25, -0.2) is 0 Å². The van der Waals surface area contributed by atoms with Crippen molar-refractivity contribution in [2.75, 3.05) is 37.0 Å². The summed E-state index contributed by atoms with van der Waals surface area (Å²) in [5.41, 5.74) is 2.93. The molecule has 0 amide bonds. The Labute approximate surface area is 243 Å².